The zero-order chi connectivity index (χ0) is 16.2. The summed E-state index contributed by atoms with van der Waals surface area (Å²) in [5.74, 6) is 0. The van der Waals surface area contributed by atoms with Crippen molar-refractivity contribution in [2.24, 2.45) is 0 Å². The Bertz CT molecular complexity index is 664. The highest BCUT2D eigenvalue weighted by molar-refractivity contribution is 9.09. The van der Waals surface area contributed by atoms with E-state index in [0.29, 0.717) is 6.54 Å². The molecule has 3 rings (SSSR count). The zero-order valence-electron chi connectivity index (χ0n) is 12.8. The summed E-state index contributed by atoms with van der Waals surface area (Å²) in [4.78, 5) is 24.8. The number of piperazine rings is 1. The molecule has 1 aromatic carbocycles. The van der Waals surface area contributed by atoms with Crippen LogP contribution in [-0.4, -0.2) is 57.4 Å². The molecule has 120 valence electrons. The van der Waals surface area contributed by atoms with Gasteiger partial charge in [-0.3, -0.25) is 14.9 Å². The third-order valence-corrected chi connectivity index (χ3v) is 4.84. The first-order valence-electron chi connectivity index (χ1n) is 7.40. The highest BCUT2D eigenvalue weighted by atomic mass is 79.9. The third-order valence-electron chi connectivity index (χ3n) is 3.85. The van der Waals surface area contributed by atoms with E-state index in [1.807, 2.05) is 36.2 Å². The number of aromatic nitrogens is 2. The lowest BCUT2D eigenvalue weighted by Crippen LogP contribution is -2.52. The molecule has 1 unspecified atom stereocenters. The first kappa shape index (κ1) is 15.9. The van der Waals surface area contributed by atoms with Crippen LogP contribution in [0.25, 0.3) is 11.3 Å². The fraction of sp³-hybridized carbons (Fsp3) is 0.312. The average Bonchev–Trinajstić information content (AvgIpc) is 2.59. The Kier molecular flexibility index (Phi) is 4.88. The number of carbonyl (C=O) groups excluding carboxylic acids is 1. The average molecular weight is 376 g/mol. The van der Waals surface area contributed by atoms with Crippen LogP contribution < -0.4 is 5.32 Å². The summed E-state index contributed by atoms with van der Waals surface area (Å²) in [6.45, 7) is 2.25. The monoisotopic (exact) mass is 375 g/mol. The minimum absolute atomic E-state index is 0.0743. The molecule has 2 aromatic rings. The first-order valence-corrected chi connectivity index (χ1v) is 8.32. The van der Waals surface area contributed by atoms with Crippen molar-refractivity contribution >= 4 is 27.6 Å². The normalized spacial score (nSPS) is 18.7. The number of hydrogen-bond donors (Lipinski definition) is 1. The largest absolute Gasteiger partial charge is 0.321 e. The van der Waals surface area contributed by atoms with Gasteiger partial charge in [0.2, 0.25) is 0 Å². The molecule has 0 aliphatic carbocycles. The number of amides is 2. The summed E-state index contributed by atoms with van der Waals surface area (Å²) >= 11 is 3.57. The van der Waals surface area contributed by atoms with Gasteiger partial charge in [-0.2, -0.15) is 0 Å². The van der Waals surface area contributed by atoms with Gasteiger partial charge in [0.25, 0.3) is 0 Å². The second-order valence-corrected chi connectivity index (χ2v) is 6.52. The Morgan fingerprint density at radius 1 is 1.26 bits per heavy atom. The molecule has 1 fully saturated rings. The zero-order valence-corrected chi connectivity index (χ0v) is 14.4. The number of nitrogens with zero attached hydrogens (tertiary/aromatic N) is 4. The van der Waals surface area contributed by atoms with Crippen LogP contribution in [0.3, 0.4) is 0 Å². The molecule has 1 aliphatic heterocycles. The van der Waals surface area contributed by atoms with Crippen LogP contribution >= 0.6 is 15.9 Å². The summed E-state index contributed by atoms with van der Waals surface area (Å²) < 4.78 is 0. The van der Waals surface area contributed by atoms with E-state index >= 15 is 0 Å². The fourth-order valence-electron chi connectivity index (χ4n) is 2.39. The van der Waals surface area contributed by atoms with Gasteiger partial charge in [0.1, 0.15) is 0 Å². The third kappa shape index (κ3) is 3.86. The van der Waals surface area contributed by atoms with Crippen molar-refractivity contribution in [1.29, 1.82) is 0 Å². The number of urea groups is 1. The van der Waals surface area contributed by atoms with Crippen molar-refractivity contribution < 1.29 is 4.79 Å². The van der Waals surface area contributed by atoms with E-state index in [1.165, 1.54) is 0 Å². The van der Waals surface area contributed by atoms with E-state index in [4.69, 9.17) is 0 Å². The second kappa shape index (κ2) is 7.06. The maximum absolute atomic E-state index is 12.3. The lowest BCUT2D eigenvalue weighted by molar-refractivity contribution is 0.155. The SMILES string of the molecule is CN1CCN(C(=O)Nc2ccc(-c3cnccn3)cc2)CC1Br. The molecule has 1 N–H and O–H groups in total. The number of alkyl halides is 1. The van der Waals surface area contributed by atoms with E-state index in [2.05, 4.69) is 36.1 Å². The molecular formula is C16H18BrN5O. The lowest BCUT2D eigenvalue weighted by Gasteiger charge is -2.36. The molecule has 23 heavy (non-hydrogen) atoms. The Morgan fingerprint density at radius 2 is 2.04 bits per heavy atom. The molecule has 1 aromatic heterocycles. The number of halogens is 1. The number of carbonyl (C=O) groups is 1. The first-order chi connectivity index (χ1) is 11.1. The van der Waals surface area contributed by atoms with Gasteiger partial charge in [0.05, 0.1) is 16.8 Å². The molecule has 0 saturated carbocycles. The minimum Gasteiger partial charge on any atom is -0.321 e. The van der Waals surface area contributed by atoms with Crippen LogP contribution in [0.15, 0.2) is 42.9 Å². The number of likely N-dealkylation sites (N-methyl/N-ethyl adjacent to an activating group) is 1. The van der Waals surface area contributed by atoms with Gasteiger partial charge in [0, 0.05) is 43.3 Å². The number of rotatable bonds is 2. The predicted molar refractivity (Wildman–Crippen MR) is 93.4 cm³/mol. The number of benzene rings is 1. The summed E-state index contributed by atoms with van der Waals surface area (Å²) in [6, 6.07) is 7.54. The molecule has 0 radical (unpaired) electrons. The van der Waals surface area contributed by atoms with Crippen LogP contribution in [0.5, 0.6) is 0 Å². The van der Waals surface area contributed by atoms with Gasteiger partial charge in [-0.1, -0.05) is 28.1 Å². The van der Waals surface area contributed by atoms with Gasteiger partial charge in [-0.05, 0) is 19.2 Å². The van der Waals surface area contributed by atoms with Crippen LogP contribution in [0.4, 0.5) is 10.5 Å². The highest BCUT2D eigenvalue weighted by Crippen LogP contribution is 2.19. The van der Waals surface area contributed by atoms with Gasteiger partial charge in [-0.25, -0.2) is 4.79 Å². The number of nitrogens with one attached hydrogen (secondary N) is 1. The summed E-state index contributed by atoms with van der Waals surface area (Å²) in [5.41, 5.74) is 2.55. The van der Waals surface area contributed by atoms with Gasteiger partial charge in [0.15, 0.2) is 0 Å². The Morgan fingerprint density at radius 3 is 2.70 bits per heavy atom. The lowest BCUT2D eigenvalue weighted by atomic mass is 10.1. The number of anilines is 1. The van der Waals surface area contributed by atoms with Crippen molar-refractivity contribution in [3.63, 3.8) is 0 Å². The minimum atomic E-state index is -0.0743. The summed E-state index contributed by atoms with van der Waals surface area (Å²) in [5, 5.41) is 2.94. The molecule has 1 aliphatic rings. The predicted octanol–water partition coefficient (Wildman–Crippen LogP) is 2.64. The highest BCUT2D eigenvalue weighted by Gasteiger charge is 2.25. The van der Waals surface area contributed by atoms with E-state index in [1.54, 1.807) is 18.6 Å². The molecule has 0 spiro atoms. The topological polar surface area (TPSA) is 61.4 Å². The molecule has 1 atom stereocenters. The summed E-state index contributed by atoms with van der Waals surface area (Å²) in [7, 11) is 2.04. The Balaban J connectivity index is 1.63. The molecule has 2 heterocycles. The van der Waals surface area contributed by atoms with Crippen LogP contribution in [0.2, 0.25) is 0 Å². The Labute approximate surface area is 143 Å². The Hall–Kier alpha value is -1.99. The molecule has 6 nitrogen and oxygen atoms in total. The molecule has 2 amide bonds. The van der Waals surface area contributed by atoms with E-state index < -0.39 is 0 Å². The van der Waals surface area contributed by atoms with Gasteiger partial charge in [-0.15, -0.1) is 0 Å². The number of hydrogen-bond acceptors (Lipinski definition) is 4. The molecule has 1 saturated heterocycles. The van der Waals surface area contributed by atoms with Gasteiger partial charge < -0.3 is 10.2 Å². The van der Waals surface area contributed by atoms with Crippen molar-refractivity contribution in [3.8, 4) is 11.3 Å². The smallest absolute Gasteiger partial charge is 0.321 e. The van der Waals surface area contributed by atoms with Crippen molar-refractivity contribution in [2.45, 2.75) is 4.95 Å². The quantitative estimate of drug-likeness (QED) is 0.647. The fourth-order valence-corrected chi connectivity index (χ4v) is 2.94. The van der Waals surface area contributed by atoms with Crippen LogP contribution in [-0.2, 0) is 0 Å². The van der Waals surface area contributed by atoms with E-state index in [9.17, 15) is 4.79 Å². The van der Waals surface area contributed by atoms with Crippen LogP contribution in [0, 0.1) is 0 Å². The van der Waals surface area contributed by atoms with Crippen LogP contribution in [0.1, 0.15) is 0 Å². The van der Waals surface area contributed by atoms with E-state index in [-0.39, 0.29) is 11.0 Å². The van der Waals surface area contributed by atoms with Crippen molar-refractivity contribution in [3.05, 3.63) is 42.9 Å². The summed E-state index contributed by atoms with van der Waals surface area (Å²) in [6.07, 6.45) is 5.02. The molecule has 0 bridgehead atoms. The maximum Gasteiger partial charge on any atom is 0.321 e. The van der Waals surface area contributed by atoms with Crippen molar-refractivity contribution in [2.75, 3.05) is 32.0 Å². The standard InChI is InChI=1S/C16H18BrN5O/c1-21-8-9-22(11-15(21)17)16(23)20-13-4-2-12(3-5-13)14-10-18-6-7-19-14/h2-7,10,15H,8-9,11H2,1H3,(H,20,23). The maximum atomic E-state index is 12.3. The molecular weight excluding hydrogens is 358 g/mol. The van der Waals surface area contributed by atoms with Crippen molar-refractivity contribution in [1.82, 2.24) is 19.8 Å². The van der Waals surface area contributed by atoms with E-state index in [0.717, 1.165) is 30.0 Å². The van der Waals surface area contributed by atoms with Gasteiger partial charge >= 0.3 is 6.03 Å². The molecule has 7 heteroatoms. The second-order valence-electron chi connectivity index (χ2n) is 5.46.